The Hall–Kier alpha value is -2.24. The van der Waals surface area contributed by atoms with Crippen LogP contribution in [0.15, 0.2) is 42.6 Å². The number of pyridine rings is 1. The molecule has 5 heteroatoms. The maximum Gasteiger partial charge on any atom is 0.140 e. The van der Waals surface area contributed by atoms with Gasteiger partial charge in [-0.2, -0.15) is 0 Å². The van der Waals surface area contributed by atoms with E-state index < -0.39 is 0 Å². The number of imidazole rings is 1. The molecule has 0 atom stereocenters. The summed E-state index contributed by atoms with van der Waals surface area (Å²) < 4.78 is 15.5. The number of fused-ring (bicyclic) bond motifs is 1. The zero-order valence-corrected chi connectivity index (χ0v) is 14.5. The first-order valence-corrected chi connectivity index (χ1v) is 8.88. The van der Waals surface area contributed by atoms with E-state index in [9.17, 15) is 4.39 Å². The number of aryl methyl sites for hydroxylation is 1. The number of benzene rings is 1. The summed E-state index contributed by atoms with van der Waals surface area (Å²) in [5.74, 6) is -0.219. The largest absolute Gasteiger partial charge is 0.315 e. The Labute approximate surface area is 147 Å². The molecule has 0 unspecified atom stereocenters. The SMILES string of the molecule is Cc1cccn2c(CN3CCCNCC3)c(-c3ccc(F)cc3)nc12. The van der Waals surface area contributed by atoms with Crippen LogP contribution in [0.4, 0.5) is 4.39 Å². The fourth-order valence-electron chi connectivity index (χ4n) is 3.51. The number of nitrogens with one attached hydrogen (secondary N) is 1. The summed E-state index contributed by atoms with van der Waals surface area (Å²) in [6, 6.07) is 10.8. The highest BCUT2D eigenvalue weighted by Gasteiger charge is 2.18. The molecular formula is C20H23FN4. The van der Waals surface area contributed by atoms with E-state index >= 15 is 0 Å². The fourth-order valence-corrected chi connectivity index (χ4v) is 3.51. The fraction of sp³-hybridized carbons (Fsp3) is 0.350. The van der Waals surface area contributed by atoms with E-state index in [-0.39, 0.29) is 5.82 Å². The van der Waals surface area contributed by atoms with E-state index in [2.05, 4.69) is 39.9 Å². The Balaban J connectivity index is 1.80. The Morgan fingerprint density at radius 3 is 2.80 bits per heavy atom. The summed E-state index contributed by atoms with van der Waals surface area (Å²) in [5.41, 5.74) is 5.21. The molecule has 3 heterocycles. The highest BCUT2D eigenvalue weighted by Crippen LogP contribution is 2.27. The Morgan fingerprint density at radius 1 is 1.12 bits per heavy atom. The van der Waals surface area contributed by atoms with E-state index in [1.165, 1.54) is 17.8 Å². The lowest BCUT2D eigenvalue weighted by atomic mass is 10.1. The lowest BCUT2D eigenvalue weighted by Gasteiger charge is -2.20. The van der Waals surface area contributed by atoms with Gasteiger partial charge in [-0.05, 0) is 62.3 Å². The standard InChI is InChI=1S/C20H23FN4/c1-15-4-2-12-25-18(14-24-11-3-9-22-10-13-24)19(23-20(15)25)16-5-7-17(21)8-6-16/h2,4-8,12,22H,3,9-11,13-14H2,1H3. The highest BCUT2D eigenvalue weighted by atomic mass is 19.1. The number of aromatic nitrogens is 2. The van der Waals surface area contributed by atoms with Gasteiger partial charge in [0.2, 0.25) is 0 Å². The van der Waals surface area contributed by atoms with Gasteiger partial charge in [0.05, 0.1) is 11.4 Å². The number of halogens is 1. The molecule has 1 aliphatic rings. The first-order valence-electron chi connectivity index (χ1n) is 8.88. The third-order valence-corrected chi connectivity index (χ3v) is 4.87. The third-order valence-electron chi connectivity index (χ3n) is 4.87. The van der Waals surface area contributed by atoms with Crippen LogP contribution in [-0.2, 0) is 6.54 Å². The maximum absolute atomic E-state index is 13.3. The topological polar surface area (TPSA) is 32.6 Å². The van der Waals surface area contributed by atoms with Gasteiger partial charge < -0.3 is 9.72 Å². The van der Waals surface area contributed by atoms with Crippen LogP contribution < -0.4 is 5.32 Å². The Kier molecular flexibility index (Phi) is 4.51. The molecule has 0 spiro atoms. The zero-order chi connectivity index (χ0) is 17.2. The van der Waals surface area contributed by atoms with E-state index in [1.54, 1.807) is 0 Å². The number of hydrogen-bond donors (Lipinski definition) is 1. The van der Waals surface area contributed by atoms with Crippen LogP contribution in [-0.4, -0.2) is 40.5 Å². The van der Waals surface area contributed by atoms with Gasteiger partial charge in [0, 0.05) is 31.4 Å². The van der Waals surface area contributed by atoms with Crippen molar-refractivity contribution >= 4 is 5.65 Å². The molecule has 0 amide bonds. The van der Waals surface area contributed by atoms with Crippen LogP contribution in [0, 0.1) is 12.7 Å². The summed E-state index contributed by atoms with van der Waals surface area (Å²) in [6.07, 6.45) is 3.23. The summed E-state index contributed by atoms with van der Waals surface area (Å²) >= 11 is 0. The van der Waals surface area contributed by atoms with Crippen molar-refractivity contribution in [1.29, 1.82) is 0 Å². The van der Waals surface area contributed by atoms with Gasteiger partial charge in [-0.15, -0.1) is 0 Å². The van der Waals surface area contributed by atoms with Crippen molar-refractivity contribution in [2.45, 2.75) is 19.9 Å². The average Bonchev–Trinajstić information content (AvgIpc) is 2.79. The first kappa shape index (κ1) is 16.2. The first-order chi connectivity index (χ1) is 12.2. The van der Waals surface area contributed by atoms with Crippen LogP contribution in [0.3, 0.4) is 0 Å². The molecule has 25 heavy (non-hydrogen) atoms. The molecule has 4 nitrogen and oxygen atoms in total. The summed E-state index contributed by atoms with van der Waals surface area (Å²) in [5, 5.41) is 3.45. The van der Waals surface area contributed by atoms with Crippen LogP contribution in [0.5, 0.6) is 0 Å². The highest BCUT2D eigenvalue weighted by molar-refractivity contribution is 5.68. The smallest absolute Gasteiger partial charge is 0.140 e. The summed E-state index contributed by atoms with van der Waals surface area (Å²) in [6.45, 7) is 7.13. The second-order valence-electron chi connectivity index (χ2n) is 6.68. The maximum atomic E-state index is 13.3. The predicted molar refractivity (Wildman–Crippen MR) is 98.1 cm³/mol. The second-order valence-corrected chi connectivity index (χ2v) is 6.68. The van der Waals surface area contributed by atoms with Crippen molar-refractivity contribution < 1.29 is 4.39 Å². The molecule has 1 aromatic carbocycles. The molecular weight excluding hydrogens is 315 g/mol. The molecule has 0 aliphatic carbocycles. The van der Waals surface area contributed by atoms with Crippen LogP contribution in [0.1, 0.15) is 17.7 Å². The molecule has 1 fully saturated rings. The Morgan fingerprint density at radius 2 is 1.96 bits per heavy atom. The third kappa shape index (κ3) is 3.30. The molecule has 4 rings (SSSR count). The minimum absolute atomic E-state index is 0.219. The van der Waals surface area contributed by atoms with Gasteiger partial charge in [-0.3, -0.25) is 4.90 Å². The zero-order valence-electron chi connectivity index (χ0n) is 14.5. The van der Waals surface area contributed by atoms with E-state index in [0.717, 1.165) is 61.6 Å². The predicted octanol–water partition coefficient (Wildman–Crippen LogP) is 3.24. The molecule has 1 saturated heterocycles. The molecule has 0 bridgehead atoms. The van der Waals surface area contributed by atoms with Crippen molar-refractivity contribution in [3.05, 3.63) is 59.7 Å². The minimum Gasteiger partial charge on any atom is -0.315 e. The van der Waals surface area contributed by atoms with Gasteiger partial charge in [0.25, 0.3) is 0 Å². The molecule has 0 radical (unpaired) electrons. The molecule has 3 aromatic rings. The van der Waals surface area contributed by atoms with Crippen molar-refractivity contribution in [3.63, 3.8) is 0 Å². The van der Waals surface area contributed by atoms with Crippen molar-refractivity contribution in [2.24, 2.45) is 0 Å². The number of rotatable bonds is 3. The molecule has 1 N–H and O–H groups in total. The quantitative estimate of drug-likeness (QED) is 0.796. The normalized spacial score (nSPS) is 16.2. The van der Waals surface area contributed by atoms with Crippen molar-refractivity contribution in [3.8, 4) is 11.3 Å². The van der Waals surface area contributed by atoms with Crippen LogP contribution in [0.25, 0.3) is 16.9 Å². The summed E-state index contributed by atoms with van der Waals surface area (Å²) in [4.78, 5) is 7.37. The number of nitrogens with zero attached hydrogens (tertiary/aromatic N) is 3. The molecule has 130 valence electrons. The molecule has 0 saturated carbocycles. The van der Waals surface area contributed by atoms with Gasteiger partial charge in [0.1, 0.15) is 11.5 Å². The van der Waals surface area contributed by atoms with Crippen molar-refractivity contribution in [1.82, 2.24) is 19.6 Å². The van der Waals surface area contributed by atoms with Gasteiger partial charge in [-0.1, -0.05) is 6.07 Å². The van der Waals surface area contributed by atoms with E-state index in [4.69, 9.17) is 4.98 Å². The van der Waals surface area contributed by atoms with Gasteiger partial charge in [0.15, 0.2) is 0 Å². The molecule has 1 aliphatic heterocycles. The lowest BCUT2D eigenvalue weighted by molar-refractivity contribution is 0.281. The minimum atomic E-state index is -0.219. The van der Waals surface area contributed by atoms with E-state index in [0.29, 0.717) is 0 Å². The van der Waals surface area contributed by atoms with Crippen LogP contribution >= 0.6 is 0 Å². The molecule has 2 aromatic heterocycles. The van der Waals surface area contributed by atoms with Gasteiger partial charge in [-0.25, -0.2) is 9.37 Å². The monoisotopic (exact) mass is 338 g/mol. The summed E-state index contributed by atoms with van der Waals surface area (Å²) in [7, 11) is 0. The number of hydrogen-bond acceptors (Lipinski definition) is 3. The van der Waals surface area contributed by atoms with Crippen LogP contribution in [0.2, 0.25) is 0 Å². The average molecular weight is 338 g/mol. The Bertz CT molecular complexity index is 861. The van der Waals surface area contributed by atoms with Crippen molar-refractivity contribution in [2.75, 3.05) is 26.2 Å². The van der Waals surface area contributed by atoms with E-state index in [1.807, 2.05) is 12.1 Å². The lowest BCUT2D eigenvalue weighted by Crippen LogP contribution is -2.28. The second kappa shape index (κ2) is 6.94. The van der Waals surface area contributed by atoms with Gasteiger partial charge >= 0.3 is 0 Å².